The lowest BCUT2D eigenvalue weighted by molar-refractivity contribution is -0.332. The Morgan fingerprint density at radius 3 is 1.79 bits per heavy atom. The van der Waals surface area contributed by atoms with Gasteiger partial charge in [0.05, 0.1) is 12.6 Å². The summed E-state index contributed by atoms with van der Waals surface area (Å²) in [6.45, 7) is -0.711. The van der Waals surface area contributed by atoms with Gasteiger partial charge in [-0.1, -0.05) is 0 Å². The molecular weight excluding hydrogens is 460 g/mol. The fourth-order valence-corrected chi connectivity index (χ4v) is 4.71. The van der Waals surface area contributed by atoms with E-state index in [1.54, 1.807) is 0 Å². The third-order valence-corrected chi connectivity index (χ3v) is 6.76. The molecule has 0 bridgehead atoms. The standard InChI is InChI=1S/C19H38N4O11/c1-23-9-10(25)8(4-24)32-18(12(9)27)33-16-5(21)2-6(22)17(15(16)30)34-19-14(29)13(28)11(26)7(3-20)31-19/h5-19,23-30H,2-4,20-22H2,1H3. The van der Waals surface area contributed by atoms with E-state index in [1.807, 2.05) is 0 Å². The Hall–Kier alpha value is -0.600. The van der Waals surface area contributed by atoms with Crippen LogP contribution in [-0.4, -0.2) is 148 Å². The van der Waals surface area contributed by atoms with Crippen molar-refractivity contribution in [1.29, 1.82) is 0 Å². The highest BCUT2D eigenvalue weighted by molar-refractivity contribution is 5.01. The molecule has 15 atom stereocenters. The normalized spacial score (nSPS) is 52.5. The number of aliphatic hydroxyl groups excluding tert-OH is 7. The van der Waals surface area contributed by atoms with Crippen LogP contribution >= 0.6 is 0 Å². The molecule has 14 N–H and O–H groups in total. The summed E-state index contributed by atoms with van der Waals surface area (Å²) in [4.78, 5) is 0. The molecule has 15 nitrogen and oxygen atoms in total. The van der Waals surface area contributed by atoms with Gasteiger partial charge in [0.1, 0.15) is 61.0 Å². The van der Waals surface area contributed by atoms with Gasteiger partial charge in [-0.25, -0.2) is 0 Å². The van der Waals surface area contributed by atoms with Crippen LogP contribution in [0.2, 0.25) is 0 Å². The summed E-state index contributed by atoms with van der Waals surface area (Å²) in [6.07, 6.45) is -16.0. The summed E-state index contributed by atoms with van der Waals surface area (Å²) in [5, 5.41) is 74.4. The molecule has 2 heterocycles. The second-order valence-electron chi connectivity index (χ2n) is 9.03. The van der Waals surface area contributed by atoms with E-state index in [-0.39, 0.29) is 13.0 Å². The second-order valence-corrected chi connectivity index (χ2v) is 9.03. The summed E-state index contributed by atoms with van der Waals surface area (Å²) < 4.78 is 22.4. The maximum atomic E-state index is 11.0. The lowest BCUT2D eigenvalue weighted by atomic mass is 9.84. The summed E-state index contributed by atoms with van der Waals surface area (Å²) in [6, 6.07) is -2.53. The van der Waals surface area contributed by atoms with Crippen LogP contribution in [0.3, 0.4) is 0 Å². The van der Waals surface area contributed by atoms with Crippen LogP contribution < -0.4 is 22.5 Å². The molecule has 1 aliphatic carbocycles. The minimum Gasteiger partial charge on any atom is -0.394 e. The summed E-state index contributed by atoms with van der Waals surface area (Å²) in [5.74, 6) is 0. The molecule has 0 spiro atoms. The van der Waals surface area contributed by atoms with Crippen molar-refractivity contribution < 1.29 is 54.7 Å². The predicted octanol–water partition coefficient (Wildman–Crippen LogP) is -7.03. The predicted molar refractivity (Wildman–Crippen MR) is 113 cm³/mol. The quantitative estimate of drug-likeness (QED) is 0.156. The summed E-state index contributed by atoms with van der Waals surface area (Å²) in [7, 11) is 1.51. The molecule has 3 rings (SSSR count). The van der Waals surface area contributed by atoms with Crippen LogP contribution in [0, 0.1) is 0 Å². The van der Waals surface area contributed by atoms with Gasteiger partial charge in [0.25, 0.3) is 0 Å². The third-order valence-electron chi connectivity index (χ3n) is 6.76. The molecule has 0 radical (unpaired) electrons. The Morgan fingerprint density at radius 1 is 0.765 bits per heavy atom. The summed E-state index contributed by atoms with van der Waals surface area (Å²) >= 11 is 0. The highest BCUT2D eigenvalue weighted by atomic mass is 16.7. The minimum atomic E-state index is -1.65. The van der Waals surface area contributed by atoms with Gasteiger partial charge in [-0.3, -0.25) is 0 Å². The molecule has 0 aromatic rings. The molecule has 2 aliphatic heterocycles. The fraction of sp³-hybridized carbons (Fsp3) is 1.00. The number of nitrogens with two attached hydrogens (primary N) is 3. The lowest BCUT2D eigenvalue weighted by Crippen LogP contribution is -2.68. The number of hydrogen-bond acceptors (Lipinski definition) is 15. The molecule has 0 amide bonds. The van der Waals surface area contributed by atoms with Gasteiger partial charge < -0.3 is 77.2 Å². The van der Waals surface area contributed by atoms with E-state index in [0.29, 0.717) is 0 Å². The minimum absolute atomic E-state index is 0.102. The van der Waals surface area contributed by atoms with Crippen molar-refractivity contribution >= 4 is 0 Å². The van der Waals surface area contributed by atoms with Gasteiger partial charge in [-0.15, -0.1) is 0 Å². The Kier molecular flexibility index (Phi) is 9.57. The molecule has 0 aromatic carbocycles. The number of aliphatic hydroxyl groups is 7. The van der Waals surface area contributed by atoms with Gasteiger partial charge in [-0.2, -0.15) is 0 Å². The zero-order valence-electron chi connectivity index (χ0n) is 18.8. The molecule has 0 aromatic heterocycles. The fourth-order valence-electron chi connectivity index (χ4n) is 4.71. The van der Waals surface area contributed by atoms with Crippen molar-refractivity contribution in [3.63, 3.8) is 0 Å². The molecular formula is C19H38N4O11. The smallest absolute Gasteiger partial charge is 0.187 e. The first-order chi connectivity index (χ1) is 16.0. The van der Waals surface area contributed by atoms with Crippen molar-refractivity contribution in [1.82, 2.24) is 5.32 Å². The van der Waals surface area contributed by atoms with E-state index in [2.05, 4.69) is 5.32 Å². The zero-order valence-corrected chi connectivity index (χ0v) is 18.8. The first-order valence-electron chi connectivity index (χ1n) is 11.2. The van der Waals surface area contributed by atoms with E-state index >= 15 is 0 Å². The monoisotopic (exact) mass is 498 g/mol. The summed E-state index contributed by atoms with van der Waals surface area (Å²) in [5.41, 5.74) is 17.8. The molecule has 34 heavy (non-hydrogen) atoms. The Labute approximate surface area is 196 Å². The van der Waals surface area contributed by atoms with E-state index in [4.69, 9.17) is 36.1 Å². The third kappa shape index (κ3) is 5.39. The molecule has 2 saturated heterocycles. The van der Waals surface area contributed by atoms with Gasteiger partial charge in [0.2, 0.25) is 0 Å². The maximum absolute atomic E-state index is 11.0. The molecule has 15 unspecified atom stereocenters. The molecule has 200 valence electrons. The topological polar surface area (TPSA) is 269 Å². The largest absolute Gasteiger partial charge is 0.394 e. The first kappa shape index (κ1) is 28.0. The van der Waals surface area contributed by atoms with Crippen LogP contribution in [0.1, 0.15) is 6.42 Å². The highest BCUT2D eigenvalue weighted by Crippen LogP contribution is 2.31. The van der Waals surface area contributed by atoms with E-state index in [0.717, 1.165) is 0 Å². The zero-order chi connectivity index (χ0) is 25.3. The number of hydrogen-bond donors (Lipinski definition) is 11. The van der Waals surface area contributed by atoms with Gasteiger partial charge in [0.15, 0.2) is 12.6 Å². The van der Waals surface area contributed by atoms with Crippen molar-refractivity contribution in [2.45, 2.75) is 98.2 Å². The maximum Gasteiger partial charge on any atom is 0.187 e. The molecule has 1 saturated carbocycles. The number of likely N-dealkylation sites (N-methyl/N-ethyl adjacent to an activating group) is 1. The number of nitrogens with one attached hydrogen (secondary N) is 1. The van der Waals surface area contributed by atoms with Crippen LogP contribution in [0.5, 0.6) is 0 Å². The lowest BCUT2D eigenvalue weighted by Gasteiger charge is -2.48. The van der Waals surface area contributed by atoms with Crippen molar-refractivity contribution in [2.75, 3.05) is 20.2 Å². The van der Waals surface area contributed by atoms with Crippen LogP contribution in [0.15, 0.2) is 0 Å². The van der Waals surface area contributed by atoms with Crippen LogP contribution in [0.4, 0.5) is 0 Å². The molecule has 3 fully saturated rings. The van der Waals surface area contributed by atoms with E-state index < -0.39 is 98.4 Å². The van der Waals surface area contributed by atoms with E-state index in [1.165, 1.54) is 7.05 Å². The van der Waals surface area contributed by atoms with Crippen LogP contribution in [0.25, 0.3) is 0 Å². The van der Waals surface area contributed by atoms with Gasteiger partial charge in [0, 0.05) is 18.6 Å². The van der Waals surface area contributed by atoms with Crippen molar-refractivity contribution in [2.24, 2.45) is 17.2 Å². The number of rotatable bonds is 7. The van der Waals surface area contributed by atoms with Crippen molar-refractivity contribution in [3.8, 4) is 0 Å². The Bertz CT molecular complexity index is 651. The Morgan fingerprint density at radius 2 is 1.29 bits per heavy atom. The molecule has 3 aliphatic rings. The first-order valence-corrected chi connectivity index (χ1v) is 11.2. The van der Waals surface area contributed by atoms with Crippen LogP contribution in [-0.2, 0) is 18.9 Å². The molecule has 15 heteroatoms. The number of ether oxygens (including phenoxy) is 4. The van der Waals surface area contributed by atoms with Crippen molar-refractivity contribution in [3.05, 3.63) is 0 Å². The highest BCUT2D eigenvalue weighted by Gasteiger charge is 2.51. The Balaban J connectivity index is 1.73. The SMILES string of the molecule is CNC1C(O)C(CO)OC(OC2C(N)CC(N)C(OC3OC(CN)C(O)C(O)C3O)C2O)C1O. The average Bonchev–Trinajstić information content (AvgIpc) is 2.80. The second kappa shape index (κ2) is 11.6. The van der Waals surface area contributed by atoms with Gasteiger partial charge in [-0.05, 0) is 13.5 Å². The average molecular weight is 499 g/mol. The van der Waals surface area contributed by atoms with Gasteiger partial charge >= 0.3 is 0 Å². The van der Waals surface area contributed by atoms with E-state index in [9.17, 15) is 35.7 Å².